The quantitative estimate of drug-likeness (QED) is 0.339. The topological polar surface area (TPSA) is 47.9 Å². The molecule has 1 aliphatic heterocycles. The van der Waals surface area contributed by atoms with Gasteiger partial charge in [0.1, 0.15) is 0 Å². The molecule has 1 heterocycles. The van der Waals surface area contributed by atoms with Crippen molar-refractivity contribution in [3.8, 4) is 0 Å². The molecule has 0 aliphatic carbocycles. The van der Waals surface area contributed by atoms with E-state index in [9.17, 15) is 4.79 Å². The van der Waals surface area contributed by atoms with Gasteiger partial charge in [0, 0.05) is 46.7 Å². The van der Waals surface area contributed by atoms with Crippen LogP contribution in [0.4, 0.5) is 0 Å². The largest absolute Gasteiger partial charge is 0.352 e. The summed E-state index contributed by atoms with van der Waals surface area (Å²) in [5, 5.41) is 3.45. The number of nitrogens with zero attached hydrogens (tertiary/aromatic N) is 3. The Morgan fingerprint density at radius 2 is 1.80 bits per heavy atom. The van der Waals surface area contributed by atoms with Gasteiger partial charge in [0.2, 0.25) is 5.91 Å². The van der Waals surface area contributed by atoms with E-state index in [-0.39, 0.29) is 29.9 Å². The van der Waals surface area contributed by atoms with Gasteiger partial charge in [-0.25, -0.2) is 0 Å². The maximum Gasteiger partial charge on any atom is 0.222 e. The van der Waals surface area contributed by atoms with Crippen LogP contribution in [-0.4, -0.2) is 42.3 Å². The van der Waals surface area contributed by atoms with Gasteiger partial charge in [-0.05, 0) is 35.1 Å². The van der Waals surface area contributed by atoms with Crippen molar-refractivity contribution in [2.75, 3.05) is 20.6 Å². The van der Waals surface area contributed by atoms with E-state index in [0.29, 0.717) is 19.5 Å². The lowest BCUT2D eigenvalue weighted by molar-refractivity contribution is -0.128. The SMILES string of the molecule is CCc1ccc(CN(C)C(=NC)NCc2cccc(CN3CCCC3=O)c2)cc1.I. The summed E-state index contributed by atoms with van der Waals surface area (Å²) in [4.78, 5) is 20.4. The number of benzene rings is 2. The van der Waals surface area contributed by atoms with Crippen molar-refractivity contribution < 1.29 is 4.79 Å². The molecule has 2 aromatic carbocycles. The minimum absolute atomic E-state index is 0. The molecule has 30 heavy (non-hydrogen) atoms. The van der Waals surface area contributed by atoms with Crippen LogP contribution < -0.4 is 5.32 Å². The molecule has 5 nitrogen and oxygen atoms in total. The van der Waals surface area contributed by atoms with E-state index >= 15 is 0 Å². The van der Waals surface area contributed by atoms with Crippen molar-refractivity contribution in [3.63, 3.8) is 0 Å². The van der Waals surface area contributed by atoms with Gasteiger partial charge in [0.15, 0.2) is 5.96 Å². The average molecular weight is 520 g/mol. The fourth-order valence-corrected chi connectivity index (χ4v) is 3.72. The second-order valence-corrected chi connectivity index (χ2v) is 7.67. The van der Waals surface area contributed by atoms with E-state index in [1.165, 1.54) is 22.3 Å². The van der Waals surface area contributed by atoms with Gasteiger partial charge in [-0.2, -0.15) is 0 Å². The molecule has 1 saturated heterocycles. The molecule has 0 saturated carbocycles. The van der Waals surface area contributed by atoms with E-state index < -0.39 is 0 Å². The van der Waals surface area contributed by atoms with E-state index in [1.54, 1.807) is 0 Å². The van der Waals surface area contributed by atoms with Gasteiger partial charge in [-0.3, -0.25) is 9.79 Å². The third-order valence-electron chi connectivity index (χ3n) is 5.41. The van der Waals surface area contributed by atoms with Crippen molar-refractivity contribution in [1.29, 1.82) is 0 Å². The average Bonchev–Trinajstić information content (AvgIpc) is 3.14. The maximum atomic E-state index is 11.9. The van der Waals surface area contributed by atoms with Crippen molar-refractivity contribution in [3.05, 3.63) is 70.8 Å². The van der Waals surface area contributed by atoms with Crippen LogP contribution in [0.5, 0.6) is 0 Å². The molecule has 0 aromatic heterocycles. The monoisotopic (exact) mass is 520 g/mol. The lowest BCUT2D eigenvalue weighted by Gasteiger charge is -2.22. The molecule has 0 atom stereocenters. The van der Waals surface area contributed by atoms with Crippen LogP contribution in [-0.2, 0) is 30.8 Å². The van der Waals surface area contributed by atoms with Gasteiger partial charge >= 0.3 is 0 Å². The van der Waals surface area contributed by atoms with E-state index in [4.69, 9.17) is 0 Å². The van der Waals surface area contributed by atoms with Gasteiger partial charge in [-0.1, -0.05) is 55.5 Å². The highest BCUT2D eigenvalue weighted by molar-refractivity contribution is 14.0. The maximum absolute atomic E-state index is 11.9. The highest BCUT2D eigenvalue weighted by Gasteiger charge is 2.19. The normalized spacial score (nSPS) is 13.9. The third-order valence-corrected chi connectivity index (χ3v) is 5.41. The van der Waals surface area contributed by atoms with Crippen LogP contribution in [0.15, 0.2) is 53.5 Å². The molecule has 0 radical (unpaired) electrons. The van der Waals surface area contributed by atoms with Crippen LogP contribution in [0.3, 0.4) is 0 Å². The smallest absolute Gasteiger partial charge is 0.222 e. The number of hydrogen-bond acceptors (Lipinski definition) is 2. The minimum Gasteiger partial charge on any atom is -0.352 e. The summed E-state index contributed by atoms with van der Waals surface area (Å²) in [5.74, 6) is 1.13. The molecule has 2 aromatic rings. The van der Waals surface area contributed by atoms with Crippen LogP contribution in [0.2, 0.25) is 0 Å². The van der Waals surface area contributed by atoms with Crippen LogP contribution >= 0.6 is 24.0 Å². The number of aryl methyl sites for hydroxylation is 1. The summed E-state index contributed by atoms with van der Waals surface area (Å²) in [7, 11) is 3.87. The second kappa shape index (κ2) is 11.9. The number of guanidine groups is 1. The standard InChI is InChI=1S/C24H32N4O.HI/c1-4-19-10-12-20(13-11-19)17-27(3)24(25-2)26-16-21-7-5-8-22(15-21)18-28-14-6-9-23(28)29;/h5,7-8,10-13,15H,4,6,9,14,16-18H2,1-3H3,(H,25,26);1H. The molecule has 1 amide bonds. The number of rotatable bonds is 7. The fraction of sp³-hybridized carbons (Fsp3) is 0.417. The molecular formula is C24H33IN4O. The minimum atomic E-state index is 0. The van der Waals surface area contributed by atoms with Crippen LogP contribution in [0.25, 0.3) is 0 Å². The first kappa shape index (κ1) is 24.2. The summed E-state index contributed by atoms with van der Waals surface area (Å²) in [5.41, 5.74) is 4.99. The van der Waals surface area contributed by atoms with Crippen molar-refractivity contribution in [1.82, 2.24) is 15.1 Å². The molecule has 1 N–H and O–H groups in total. The van der Waals surface area contributed by atoms with Gasteiger partial charge in [-0.15, -0.1) is 24.0 Å². The van der Waals surface area contributed by atoms with Gasteiger partial charge in [0.05, 0.1) is 0 Å². The Bertz CT molecular complexity index is 851. The van der Waals surface area contributed by atoms with E-state index in [1.807, 2.05) is 11.9 Å². The van der Waals surface area contributed by atoms with Gasteiger partial charge in [0.25, 0.3) is 0 Å². The Balaban J connectivity index is 0.00000320. The molecule has 3 rings (SSSR count). The molecule has 0 spiro atoms. The molecule has 0 unspecified atom stereocenters. The van der Waals surface area contributed by atoms with Crippen molar-refractivity contribution in [2.24, 2.45) is 4.99 Å². The van der Waals surface area contributed by atoms with E-state index in [0.717, 1.165) is 31.9 Å². The zero-order valence-corrected chi connectivity index (χ0v) is 20.6. The fourth-order valence-electron chi connectivity index (χ4n) is 3.72. The summed E-state index contributed by atoms with van der Waals surface area (Å²) in [6, 6.07) is 17.2. The molecule has 162 valence electrons. The molecular weight excluding hydrogens is 487 g/mol. The predicted octanol–water partition coefficient (Wildman–Crippen LogP) is 4.20. The van der Waals surface area contributed by atoms with Crippen LogP contribution in [0, 0.1) is 0 Å². The summed E-state index contributed by atoms with van der Waals surface area (Å²) in [6.45, 7) is 5.26. The number of likely N-dealkylation sites (tertiary alicyclic amines) is 1. The summed E-state index contributed by atoms with van der Waals surface area (Å²) in [6.07, 6.45) is 2.72. The number of carbonyl (C=O) groups is 1. The van der Waals surface area contributed by atoms with Crippen molar-refractivity contribution >= 4 is 35.8 Å². The van der Waals surface area contributed by atoms with Gasteiger partial charge < -0.3 is 15.1 Å². The Kier molecular flexibility index (Phi) is 9.62. The number of nitrogens with one attached hydrogen (secondary N) is 1. The van der Waals surface area contributed by atoms with Crippen molar-refractivity contribution in [2.45, 2.75) is 45.8 Å². The Morgan fingerprint density at radius 1 is 1.10 bits per heavy atom. The zero-order valence-electron chi connectivity index (χ0n) is 18.2. The number of halogens is 1. The molecule has 1 fully saturated rings. The first-order chi connectivity index (χ1) is 14.1. The Hall–Kier alpha value is -2.09. The summed E-state index contributed by atoms with van der Waals surface area (Å²) < 4.78 is 0. The lowest BCUT2D eigenvalue weighted by atomic mass is 10.1. The molecule has 0 bridgehead atoms. The predicted molar refractivity (Wildman–Crippen MR) is 134 cm³/mol. The zero-order chi connectivity index (χ0) is 20.6. The highest BCUT2D eigenvalue weighted by atomic mass is 127. The number of carbonyl (C=O) groups excluding carboxylic acids is 1. The second-order valence-electron chi connectivity index (χ2n) is 7.67. The number of amides is 1. The number of aliphatic imine (C=N–C) groups is 1. The lowest BCUT2D eigenvalue weighted by Crippen LogP contribution is -2.38. The number of hydrogen-bond donors (Lipinski definition) is 1. The first-order valence-corrected chi connectivity index (χ1v) is 10.4. The molecule has 1 aliphatic rings. The van der Waals surface area contributed by atoms with E-state index in [2.05, 4.69) is 77.7 Å². The molecule has 6 heteroatoms. The third kappa shape index (κ3) is 6.72. The Labute approximate surface area is 197 Å². The Morgan fingerprint density at radius 3 is 2.43 bits per heavy atom. The van der Waals surface area contributed by atoms with Crippen LogP contribution in [0.1, 0.15) is 42.0 Å². The highest BCUT2D eigenvalue weighted by Crippen LogP contribution is 2.15. The first-order valence-electron chi connectivity index (χ1n) is 10.4. The summed E-state index contributed by atoms with van der Waals surface area (Å²) >= 11 is 0.